The molecule has 0 spiro atoms. The molecule has 1 aromatic heterocycles. The van der Waals surface area contributed by atoms with Crippen molar-refractivity contribution in [1.29, 1.82) is 0 Å². The summed E-state index contributed by atoms with van der Waals surface area (Å²) in [6.07, 6.45) is 2.51. The molecule has 1 aliphatic carbocycles. The highest BCUT2D eigenvalue weighted by molar-refractivity contribution is 5.98. The molecule has 0 saturated carbocycles. The molecule has 1 unspecified atom stereocenters. The molecular weight excluding hydrogens is 307 g/mol. The van der Waals surface area contributed by atoms with E-state index >= 15 is 0 Å². The molecule has 0 amide bonds. The molecule has 5 heteroatoms. The zero-order valence-electron chi connectivity index (χ0n) is 12.8. The number of phenols is 1. The Morgan fingerprint density at radius 2 is 1.83 bits per heavy atom. The third-order valence-electron chi connectivity index (χ3n) is 4.49. The molecule has 4 rings (SSSR count). The maximum absolute atomic E-state index is 13.1. The lowest BCUT2D eigenvalue weighted by atomic mass is 9.82. The van der Waals surface area contributed by atoms with Crippen LogP contribution in [0.3, 0.4) is 0 Å². The number of halogens is 1. The van der Waals surface area contributed by atoms with Crippen molar-refractivity contribution in [3.63, 3.8) is 0 Å². The van der Waals surface area contributed by atoms with E-state index in [1.54, 1.807) is 35.1 Å². The Balaban J connectivity index is 1.76. The normalized spacial score (nSPS) is 16.9. The lowest BCUT2D eigenvalue weighted by molar-refractivity contribution is 0.0963. The van der Waals surface area contributed by atoms with Gasteiger partial charge in [-0.2, -0.15) is 5.10 Å². The first-order chi connectivity index (χ1) is 11.6. The van der Waals surface area contributed by atoms with Gasteiger partial charge in [0.2, 0.25) is 0 Å². The Kier molecular flexibility index (Phi) is 3.41. The summed E-state index contributed by atoms with van der Waals surface area (Å²) >= 11 is 0. The zero-order chi connectivity index (χ0) is 16.7. The van der Waals surface area contributed by atoms with Crippen LogP contribution in [-0.2, 0) is 6.42 Å². The third kappa shape index (κ3) is 2.38. The Labute approximate surface area is 138 Å². The van der Waals surface area contributed by atoms with Crippen molar-refractivity contribution in [2.24, 2.45) is 0 Å². The highest BCUT2D eigenvalue weighted by atomic mass is 19.1. The Morgan fingerprint density at radius 1 is 1.08 bits per heavy atom. The van der Waals surface area contributed by atoms with E-state index in [2.05, 4.69) is 5.10 Å². The molecule has 120 valence electrons. The van der Waals surface area contributed by atoms with Crippen LogP contribution in [0.4, 0.5) is 4.39 Å². The number of aromatic hydroxyl groups is 1. The van der Waals surface area contributed by atoms with Crippen molar-refractivity contribution in [2.45, 2.75) is 18.8 Å². The number of Topliss-reactive ketones (excluding diaryl/α,β-unsaturated/α-hetero) is 1. The van der Waals surface area contributed by atoms with Crippen molar-refractivity contribution in [1.82, 2.24) is 9.78 Å². The first-order valence-corrected chi connectivity index (χ1v) is 7.77. The largest absolute Gasteiger partial charge is 0.508 e. The second-order valence-electron chi connectivity index (χ2n) is 5.98. The van der Waals surface area contributed by atoms with E-state index in [1.807, 2.05) is 12.1 Å². The number of ketones is 1. The summed E-state index contributed by atoms with van der Waals surface area (Å²) in [6.45, 7) is 0. The molecule has 24 heavy (non-hydrogen) atoms. The fourth-order valence-electron chi connectivity index (χ4n) is 3.30. The summed E-state index contributed by atoms with van der Waals surface area (Å²) in [7, 11) is 0. The summed E-state index contributed by atoms with van der Waals surface area (Å²) < 4.78 is 14.8. The molecule has 1 heterocycles. The third-order valence-corrected chi connectivity index (χ3v) is 4.49. The molecule has 1 aliphatic rings. The van der Waals surface area contributed by atoms with Crippen LogP contribution in [0, 0.1) is 5.82 Å². The van der Waals surface area contributed by atoms with E-state index in [0.29, 0.717) is 24.1 Å². The van der Waals surface area contributed by atoms with Gasteiger partial charge in [0.1, 0.15) is 11.6 Å². The van der Waals surface area contributed by atoms with Crippen LogP contribution in [-0.4, -0.2) is 20.7 Å². The minimum Gasteiger partial charge on any atom is -0.508 e. The van der Waals surface area contributed by atoms with Crippen LogP contribution < -0.4 is 0 Å². The van der Waals surface area contributed by atoms with E-state index < -0.39 is 0 Å². The van der Waals surface area contributed by atoms with Crippen LogP contribution in [0.15, 0.2) is 54.7 Å². The highest BCUT2D eigenvalue weighted by Gasteiger charge is 2.31. The van der Waals surface area contributed by atoms with Crippen molar-refractivity contribution < 1.29 is 14.3 Å². The number of fused-ring (bicyclic) bond motifs is 1. The van der Waals surface area contributed by atoms with Crippen molar-refractivity contribution in [2.75, 3.05) is 0 Å². The Bertz CT molecular complexity index is 915. The van der Waals surface area contributed by atoms with E-state index in [4.69, 9.17) is 0 Å². The van der Waals surface area contributed by atoms with Crippen molar-refractivity contribution in [3.05, 3.63) is 77.4 Å². The lowest BCUT2D eigenvalue weighted by Crippen LogP contribution is -2.20. The minimum absolute atomic E-state index is 0.0119. The van der Waals surface area contributed by atoms with Gasteiger partial charge in [-0.3, -0.25) is 4.79 Å². The number of carbonyl (C=O) groups is 1. The first kappa shape index (κ1) is 14.6. The molecule has 1 atom stereocenters. The molecule has 1 N–H and O–H groups in total. The summed E-state index contributed by atoms with van der Waals surface area (Å²) in [5.74, 6) is -0.200. The maximum Gasteiger partial charge on any atom is 0.166 e. The predicted octanol–water partition coefficient (Wildman–Crippen LogP) is 3.63. The van der Waals surface area contributed by atoms with Crippen LogP contribution >= 0.6 is 0 Å². The molecule has 0 fully saturated rings. The number of rotatable bonds is 2. The first-order valence-electron chi connectivity index (χ1n) is 7.77. The monoisotopic (exact) mass is 322 g/mol. The number of hydrogen-bond acceptors (Lipinski definition) is 3. The van der Waals surface area contributed by atoms with Gasteiger partial charge in [-0.25, -0.2) is 9.07 Å². The van der Waals surface area contributed by atoms with Gasteiger partial charge >= 0.3 is 0 Å². The van der Waals surface area contributed by atoms with Gasteiger partial charge in [0.05, 0.1) is 23.1 Å². The van der Waals surface area contributed by atoms with Crippen LogP contribution in [0.25, 0.3) is 5.69 Å². The quantitative estimate of drug-likeness (QED) is 0.784. The van der Waals surface area contributed by atoms with Gasteiger partial charge in [-0.1, -0.05) is 18.2 Å². The van der Waals surface area contributed by atoms with E-state index in [1.165, 1.54) is 12.1 Å². The fourth-order valence-corrected chi connectivity index (χ4v) is 3.30. The topological polar surface area (TPSA) is 55.1 Å². The average Bonchev–Trinajstić information content (AvgIpc) is 3.00. The highest BCUT2D eigenvalue weighted by Crippen LogP contribution is 2.37. The molecule has 2 aromatic carbocycles. The SMILES string of the molecule is O=C1CC(c2ccccc2O)Cc2c1cnn2-c1ccc(F)cc1. The zero-order valence-corrected chi connectivity index (χ0v) is 12.8. The fraction of sp³-hybridized carbons (Fsp3) is 0.158. The number of para-hydroxylation sites is 1. The smallest absolute Gasteiger partial charge is 0.166 e. The molecule has 4 nitrogen and oxygen atoms in total. The Hall–Kier alpha value is -2.95. The summed E-state index contributed by atoms with van der Waals surface area (Å²) in [6, 6.07) is 13.1. The molecule has 0 aliphatic heterocycles. The van der Waals surface area contributed by atoms with Crippen LogP contribution in [0.1, 0.15) is 34.0 Å². The molecule has 3 aromatic rings. The van der Waals surface area contributed by atoms with Gasteiger partial charge in [-0.15, -0.1) is 0 Å². The van der Waals surface area contributed by atoms with Gasteiger partial charge < -0.3 is 5.11 Å². The van der Waals surface area contributed by atoms with Gasteiger partial charge in [0, 0.05) is 12.3 Å². The second-order valence-corrected chi connectivity index (χ2v) is 5.98. The number of hydrogen-bond donors (Lipinski definition) is 1. The molecule has 0 saturated heterocycles. The maximum atomic E-state index is 13.1. The Morgan fingerprint density at radius 3 is 2.58 bits per heavy atom. The van der Waals surface area contributed by atoms with Gasteiger partial charge in [0.15, 0.2) is 5.78 Å². The summed E-state index contributed by atoms with van der Waals surface area (Å²) in [4.78, 5) is 12.5. The molecule has 0 bridgehead atoms. The van der Waals surface area contributed by atoms with E-state index in [9.17, 15) is 14.3 Å². The standard InChI is InChI=1S/C19H15FN2O2/c20-13-5-7-14(8-6-13)22-17-9-12(10-19(24)16(17)11-21-22)15-3-1-2-4-18(15)23/h1-8,11-12,23H,9-10H2. The molecule has 0 radical (unpaired) electrons. The van der Waals surface area contributed by atoms with Crippen molar-refractivity contribution in [3.8, 4) is 11.4 Å². The van der Waals surface area contributed by atoms with Gasteiger partial charge in [0.25, 0.3) is 0 Å². The van der Waals surface area contributed by atoms with Gasteiger partial charge in [-0.05, 0) is 42.3 Å². The van der Waals surface area contributed by atoms with E-state index in [0.717, 1.165) is 11.3 Å². The van der Waals surface area contributed by atoms with Crippen LogP contribution in [0.2, 0.25) is 0 Å². The number of carbonyl (C=O) groups excluding carboxylic acids is 1. The number of aromatic nitrogens is 2. The van der Waals surface area contributed by atoms with Crippen molar-refractivity contribution >= 4 is 5.78 Å². The predicted molar refractivity (Wildman–Crippen MR) is 87.0 cm³/mol. The minimum atomic E-state index is -0.317. The summed E-state index contributed by atoms with van der Waals surface area (Å²) in [5.41, 5.74) is 2.88. The number of benzene rings is 2. The second kappa shape index (κ2) is 5.60. The summed E-state index contributed by atoms with van der Waals surface area (Å²) in [5, 5.41) is 14.4. The average molecular weight is 322 g/mol. The lowest BCUT2D eigenvalue weighted by Gasteiger charge is -2.23. The number of nitrogens with zero attached hydrogens (tertiary/aromatic N) is 2. The van der Waals surface area contributed by atoms with Crippen LogP contribution in [0.5, 0.6) is 5.75 Å². The molecular formula is C19H15FN2O2. The van der Waals surface area contributed by atoms with E-state index in [-0.39, 0.29) is 23.3 Å². The number of phenolic OH excluding ortho intramolecular Hbond substituents is 1.